The van der Waals surface area contributed by atoms with E-state index in [1.54, 1.807) is 0 Å². The zero-order valence-corrected chi connectivity index (χ0v) is 14.4. The highest BCUT2D eigenvalue weighted by molar-refractivity contribution is 7.80. The first kappa shape index (κ1) is 19.4. The third-order valence-corrected chi connectivity index (χ3v) is 4.14. The van der Waals surface area contributed by atoms with Gasteiger partial charge in [-0.1, -0.05) is 65.6 Å². The molecule has 0 unspecified atom stereocenters. The van der Waals surface area contributed by atoms with Crippen LogP contribution in [-0.2, 0) is 4.79 Å². The maximum absolute atomic E-state index is 12.5. The van der Waals surface area contributed by atoms with Crippen molar-refractivity contribution in [1.29, 1.82) is 0 Å². The van der Waals surface area contributed by atoms with Gasteiger partial charge < -0.3 is 11.1 Å². The van der Waals surface area contributed by atoms with Crippen LogP contribution in [0.1, 0.15) is 72.6 Å². The highest BCUT2D eigenvalue weighted by atomic mass is 32.1. The van der Waals surface area contributed by atoms with E-state index in [-0.39, 0.29) is 5.91 Å². The van der Waals surface area contributed by atoms with E-state index in [1.807, 2.05) is 0 Å². The average molecular weight is 301 g/mol. The third kappa shape index (κ3) is 6.21. The number of hydrogen-bond donors (Lipinski definition) is 2. The van der Waals surface area contributed by atoms with Gasteiger partial charge in [0.25, 0.3) is 0 Å². The quantitative estimate of drug-likeness (QED) is 0.451. The molecule has 0 saturated carbocycles. The molecule has 0 atom stereocenters. The van der Waals surface area contributed by atoms with Crippen molar-refractivity contribution < 1.29 is 4.79 Å². The van der Waals surface area contributed by atoms with Crippen LogP contribution in [0.5, 0.6) is 0 Å². The van der Waals surface area contributed by atoms with Crippen molar-refractivity contribution in [2.45, 2.75) is 72.6 Å². The summed E-state index contributed by atoms with van der Waals surface area (Å²) in [6, 6.07) is 0. The molecule has 118 valence electrons. The molecule has 0 spiro atoms. The van der Waals surface area contributed by atoms with Gasteiger partial charge in [-0.2, -0.15) is 0 Å². The van der Waals surface area contributed by atoms with Gasteiger partial charge in [-0.15, -0.1) is 0 Å². The summed E-state index contributed by atoms with van der Waals surface area (Å²) in [5.41, 5.74) is 5.24. The van der Waals surface area contributed by atoms with E-state index in [0.717, 1.165) is 51.0 Å². The Bertz CT molecular complexity index is 297. The third-order valence-electron chi connectivity index (χ3n) is 3.75. The minimum atomic E-state index is -0.642. The van der Waals surface area contributed by atoms with E-state index < -0.39 is 5.41 Å². The van der Waals surface area contributed by atoms with Crippen molar-refractivity contribution >= 4 is 23.1 Å². The van der Waals surface area contributed by atoms with Gasteiger partial charge in [-0.05, 0) is 25.2 Å². The zero-order valence-electron chi connectivity index (χ0n) is 13.6. The average Bonchev–Trinajstić information content (AvgIpc) is 2.36. The fourth-order valence-corrected chi connectivity index (χ4v) is 2.91. The first-order chi connectivity index (χ1) is 9.40. The van der Waals surface area contributed by atoms with Gasteiger partial charge in [0.15, 0.2) is 0 Å². The topological polar surface area (TPSA) is 55.1 Å². The van der Waals surface area contributed by atoms with Crippen molar-refractivity contribution in [1.82, 2.24) is 5.32 Å². The monoisotopic (exact) mass is 300 g/mol. The smallest absolute Gasteiger partial charge is 0.233 e. The summed E-state index contributed by atoms with van der Waals surface area (Å²) < 4.78 is 0. The van der Waals surface area contributed by atoms with E-state index in [1.165, 1.54) is 6.42 Å². The Morgan fingerprint density at radius 3 is 2.15 bits per heavy atom. The molecular weight excluding hydrogens is 268 g/mol. The molecule has 0 heterocycles. The number of carbonyl (C=O) groups excluding carboxylic acids is 1. The second-order valence-electron chi connectivity index (χ2n) is 6.09. The van der Waals surface area contributed by atoms with E-state index in [2.05, 4.69) is 33.0 Å². The van der Waals surface area contributed by atoms with Crippen molar-refractivity contribution in [3.63, 3.8) is 0 Å². The van der Waals surface area contributed by atoms with E-state index in [4.69, 9.17) is 18.0 Å². The molecule has 0 aromatic rings. The predicted octanol–water partition coefficient (Wildman–Crippen LogP) is 3.80. The molecule has 4 heteroatoms. The minimum absolute atomic E-state index is 0.0262. The Balaban J connectivity index is 4.44. The molecule has 0 aliphatic carbocycles. The molecular formula is C16H32N2OS. The molecule has 0 aliphatic rings. The standard InChI is InChI=1S/C16H32N2OS/c1-5-10-16(11-6-2,14(17)20)15(19)18-12-8-7-9-13(3)4/h13H,5-12H2,1-4H3,(H2,17,20)(H,18,19). The molecule has 0 bridgehead atoms. The van der Waals surface area contributed by atoms with Crippen LogP contribution in [0.2, 0.25) is 0 Å². The molecule has 3 nitrogen and oxygen atoms in total. The van der Waals surface area contributed by atoms with Crippen LogP contribution in [0, 0.1) is 11.3 Å². The number of nitrogens with one attached hydrogen (secondary N) is 1. The van der Waals surface area contributed by atoms with Crippen LogP contribution in [0.3, 0.4) is 0 Å². The van der Waals surface area contributed by atoms with Gasteiger partial charge in [0.05, 0.1) is 10.4 Å². The second kappa shape index (κ2) is 10.1. The molecule has 0 aromatic carbocycles. The summed E-state index contributed by atoms with van der Waals surface area (Å²) in [6.07, 6.45) is 6.70. The summed E-state index contributed by atoms with van der Waals surface area (Å²) in [4.78, 5) is 12.9. The van der Waals surface area contributed by atoms with Crippen molar-refractivity contribution in [2.24, 2.45) is 17.1 Å². The fourth-order valence-electron chi connectivity index (χ4n) is 2.61. The summed E-state index contributed by atoms with van der Waals surface area (Å²) in [7, 11) is 0. The number of unbranched alkanes of at least 4 members (excludes halogenated alkanes) is 1. The lowest BCUT2D eigenvalue weighted by molar-refractivity contribution is -0.128. The van der Waals surface area contributed by atoms with Gasteiger partial charge in [-0.3, -0.25) is 4.79 Å². The number of carbonyl (C=O) groups is 1. The van der Waals surface area contributed by atoms with Crippen LogP contribution in [0.25, 0.3) is 0 Å². The summed E-state index contributed by atoms with van der Waals surface area (Å²) in [5.74, 6) is 0.750. The Morgan fingerprint density at radius 2 is 1.75 bits per heavy atom. The van der Waals surface area contributed by atoms with Crippen LogP contribution < -0.4 is 11.1 Å². The maximum atomic E-state index is 12.5. The Labute approximate surface area is 130 Å². The molecule has 20 heavy (non-hydrogen) atoms. The van der Waals surface area contributed by atoms with Gasteiger partial charge in [0.1, 0.15) is 0 Å². The van der Waals surface area contributed by atoms with Crippen LogP contribution in [-0.4, -0.2) is 17.4 Å². The summed E-state index contributed by atoms with van der Waals surface area (Å²) >= 11 is 5.19. The van der Waals surface area contributed by atoms with Crippen molar-refractivity contribution in [3.8, 4) is 0 Å². The lowest BCUT2D eigenvalue weighted by Crippen LogP contribution is -2.49. The highest BCUT2D eigenvalue weighted by Gasteiger charge is 2.39. The lowest BCUT2D eigenvalue weighted by atomic mass is 9.78. The molecule has 0 rings (SSSR count). The SMILES string of the molecule is CCCC(CCC)(C(=O)NCCCCC(C)C)C(N)=S. The van der Waals surface area contributed by atoms with Gasteiger partial charge >= 0.3 is 0 Å². The minimum Gasteiger partial charge on any atom is -0.392 e. The molecule has 0 saturated heterocycles. The van der Waals surface area contributed by atoms with E-state index in [9.17, 15) is 4.79 Å². The van der Waals surface area contributed by atoms with Gasteiger partial charge in [-0.25, -0.2) is 0 Å². The van der Waals surface area contributed by atoms with Gasteiger partial charge in [0.2, 0.25) is 5.91 Å². The first-order valence-corrected chi connectivity index (χ1v) is 8.39. The van der Waals surface area contributed by atoms with Crippen molar-refractivity contribution in [3.05, 3.63) is 0 Å². The van der Waals surface area contributed by atoms with Crippen LogP contribution >= 0.6 is 12.2 Å². The number of rotatable bonds is 11. The van der Waals surface area contributed by atoms with Crippen molar-refractivity contribution in [2.75, 3.05) is 6.54 Å². The zero-order chi connectivity index (χ0) is 15.6. The lowest BCUT2D eigenvalue weighted by Gasteiger charge is -2.31. The predicted molar refractivity (Wildman–Crippen MR) is 90.7 cm³/mol. The largest absolute Gasteiger partial charge is 0.392 e. The number of hydrogen-bond acceptors (Lipinski definition) is 2. The van der Waals surface area contributed by atoms with Crippen LogP contribution in [0.4, 0.5) is 0 Å². The number of nitrogens with two attached hydrogens (primary N) is 1. The normalized spacial score (nSPS) is 11.7. The van der Waals surface area contributed by atoms with E-state index in [0.29, 0.717) is 4.99 Å². The molecule has 0 aliphatic heterocycles. The number of thiocarbonyl (C=S) groups is 1. The molecule has 0 aromatic heterocycles. The summed E-state index contributed by atoms with van der Waals surface area (Å²) in [5, 5.41) is 3.04. The molecule has 0 fully saturated rings. The Morgan fingerprint density at radius 1 is 1.20 bits per heavy atom. The summed E-state index contributed by atoms with van der Waals surface area (Å²) in [6.45, 7) is 9.30. The van der Waals surface area contributed by atoms with E-state index >= 15 is 0 Å². The fraction of sp³-hybridized carbons (Fsp3) is 0.875. The van der Waals surface area contributed by atoms with Gasteiger partial charge in [0, 0.05) is 6.54 Å². The van der Waals surface area contributed by atoms with Crippen LogP contribution in [0.15, 0.2) is 0 Å². The first-order valence-electron chi connectivity index (χ1n) is 7.98. The second-order valence-corrected chi connectivity index (χ2v) is 6.53. The molecule has 1 amide bonds. The maximum Gasteiger partial charge on any atom is 0.233 e. The Hall–Kier alpha value is -0.640. The molecule has 0 radical (unpaired) electrons. The Kier molecular flexibility index (Phi) is 9.82. The highest BCUT2D eigenvalue weighted by Crippen LogP contribution is 2.30. The number of amides is 1. The molecule has 3 N–H and O–H groups in total.